The monoisotopic (exact) mass is 653 g/mol. The summed E-state index contributed by atoms with van der Waals surface area (Å²) < 4.78 is 13.1. The highest BCUT2D eigenvalue weighted by atomic mass is 16.3. The van der Waals surface area contributed by atoms with Crippen LogP contribution in [0.3, 0.4) is 0 Å². The van der Waals surface area contributed by atoms with Crippen molar-refractivity contribution < 1.29 is 8.83 Å². The Kier molecular flexibility index (Phi) is 5.89. The van der Waals surface area contributed by atoms with E-state index in [0.29, 0.717) is 5.58 Å². The lowest BCUT2D eigenvalue weighted by molar-refractivity contribution is 0.665. The number of rotatable bonds is 4. The van der Waals surface area contributed by atoms with Gasteiger partial charge < -0.3 is 13.7 Å². The summed E-state index contributed by atoms with van der Waals surface area (Å²) in [6.07, 6.45) is 5.59. The van der Waals surface area contributed by atoms with Crippen molar-refractivity contribution in [2.24, 2.45) is 0 Å². The van der Waals surface area contributed by atoms with E-state index in [1.165, 1.54) is 32.3 Å². The van der Waals surface area contributed by atoms with E-state index in [0.717, 1.165) is 66.6 Å². The molecule has 0 unspecified atom stereocenters. The van der Waals surface area contributed by atoms with E-state index in [1.54, 1.807) is 0 Å². The predicted octanol–water partition coefficient (Wildman–Crippen LogP) is 12.9. The Hall–Kier alpha value is -6.98. The topological polar surface area (TPSA) is 55.3 Å². The van der Waals surface area contributed by atoms with E-state index in [-0.39, 0.29) is 0 Å². The van der Waals surface area contributed by atoms with Gasteiger partial charge in [-0.1, -0.05) is 103 Å². The van der Waals surface area contributed by atoms with Crippen molar-refractivity contribution in [2.75, 3.05) is 4.90 Å². The van der Waals surface area contributed by atoms with Crippen molar-refractivity contribution in [3.8, 4) is 11.1 Å². The predicted molar refractivity (Wildman–Crippen MR) is 209 cm³/mol. The summed E-state index contributed by atoms with van der Waals surface area (Å²) in [6, 6.07) is 51.1. The summed E-state index contributed by atoms with van der Waals surface area (Å²) in [6.45, 7) is 0. The molecule has 0 aliphatic heterocycles. The number of hydrogen-bond acceptors (Lipinski definition) is 5. The van der Waals surface area contributed by atoms with Crippen LogP contribution < -0.4 is 4.90 Å². The molecule has 238 valence electrons. The molecule has 0 amide bonds. The van der Waals surface area contributed by atoms with Crippen LogP contribution in [0.5, 0.6) is 0 Å². The molecule has 0 N–H and O–H groups in total. The molecular weight excluding hydrogens is 627 g/mol. The molecular formula is C46H27N3O2. The molecule has 0 aliphatic rings. The summed E-state index contributed by atoms with van der Waals surface area (Å²) in [5.74, 6) is 0. The van der Waals surface area contributed by atoms with Gasteiger partial charge in [0.05, 0.1) is 11.9 Å². The summed E-state index contributed by atoms with van der Waals surface area (Å²) >= 11 is 0. The number of para-hydroxylation sites is 2. The molecule has 0 radical (unpaired) electrons. The van der Waals surface area contributed by atoms with Gasteiger partial charge >= 0.3 is 0 Å². The molecule has 0 fully saturated rings. The maximum atomic E-state index is 6.55. The molecule has 11 aromatic rings. The molecule has 5 nitrogen and oxygen atoms in total. The fourth-order valence-electron chi connectivity index (χ4n) is 7.77. The van der Waals surface area contributed by atoms with Gasteiger partial charge in [0.25, 0.3) is 0 Å². The van der Waals surface area contributed by atoms with Crippen molar-refractivity contribution >= 4 is 93.4 Å². The lowest BCUT2D eigenvalue weighted by Crippen LogP contribution is -2.11. The van der Waals surface area contributed by atoms with E-state index < -0.39 is 0 Å². The van der Waals surface area contributed by atoms with Crippen molar-refractivity contribution in [1.29, 1.82) is 0 Å². The molecule has 0 atom stereocenters. The van der Waals surface area contributed by atoms with Crippen LogP contribution in [0.1, 0.15) is 0 Å². The van der Waals surface area contributed by atoms with Crippen LogP contribution in [0.25, 0.3) is 87.5 Å². The van der Waals surface area contributed by atoms with E-state index >= 15 is 0 Å². The molecule has 0 spiro atoms. The third-order valence-corrected chi connectivity index (χ3v) is 10.2. The molecule has 0 saturated carbocycles. The maximum Gasteiger partial charge on any atom is 0.177 e. The van der Waals surface area contributed by atoms with Crippen molar-refractivity contribution in [2.45, 2.75) is 0 Å². The number of fused-ring (bicyclic) bond motifs is 11. The Morgan fingerprint density at radius 2 is 1.10 bits per heavy atom. The molecule has 5 heteroatoms. The van der Waals surface area contributed by atoms with Crippen LogP contribution in [0.2, 0.25) is 0 Å². The number of hydrogen-bond donors (Lipinski definition) is 0. The maximum absolute atomic E-state index is 6.55. The van der Waals surface area contributed by atoms with E-state index in [2.05, 4.69) is 102 Å². The minimum atomic E-state index is 0.699. The van der Waals surface area contributed by atoms with Crippen LogP contribution in [0.4, 0.5) is 17.1 Å². The minimum Gasteiger partial charge on any atom is -0.454 e. The van der Waals surface area contributed by atoms with Gasteiger partial charge in [-0.05, 0) is 85.9 Å². The molecule has 0 aliphatic carbocycles. The van der Waals surface area contributed by atoms with Gasteiger partial charge in [0.1, 0.15) is 22.4 Å². The van der Waals surface area contributed by atoms with E-state index in [1.807, 2.05) is 67.1 Å². The normalized spacial score (nSPS) is 11.9. The van der Waals surface area contributed by atoms with E-state index in [9.17, 15) is 0 Å². The van der Waals surface area contributed by atoms with Crippen LogP contribution in [0.15, 0.2) is 173 Å². The fraction of sp³-hybridized carbons (Fsp3) is 0. The second-order valence-corrected chi connectivity index (χ2v) is 13.0. The zero-order valence-electron chi connectivity index (χ0n) is 27.2. The quantitative estimate of drug-likeness (QED) is 0.177. The fourth-order valence-corrected chi connectivity index (χ4v) is 7.77. The van der Waals surface area contributed by atoms with E-state index in [4.69, 9.17) is 18.8 Å². The number of nitrogens with zero attached hydrogens (tertiary/aromatic N) is 3. The molecule has 11 rings (SSSR count). The van der Waals surface area contributed by atoms with Gasteiger partial charge in [0.15, 0.2) is 11.2 Å². The largest absolute Gasteiger partial charge is 0.454 e. The van der Waals surface area contributed by atoms with Crippen LogP contribution in [0, 0.1) is 0 Å². The van der Waals surface area contributed by atoms with Crippen molar-refractivity contribution in [3.63, 3.8) is 0 Å². The first-order valence-corrected chi connectivity index (χ1v) is 17.0. The molecule has 0 saturated heterocycles. The summed E-state index contributed by atoms with van der Waals surface area (Å²) in [4.78, 5) is 11.7. The highest BCUT2D eigenvalue weighted by Gasteiger charge is 2.24. The molecule has 4 aromatic heterocycles. The van der Waals surface area contributed by atoms with Gasteiger partial charge in [-0.25, -0.2) is 0 Å². The third kappa shape index (κ3) is 4.22. The average molecular weight is 654 g/mol. The van der Waals surface area contributed by atoms with Gasteiger partial charge in [0, 0.05) is 34.2 Å². The number of furan rings is 2. The number of aromatic nitrogens is 2. The second-order valence-electron chi connectivity index (χ2n) is 13.0. The standard InChI is InChI=1S/C46H27N3O2/c1-2-8-34-29(7-1)13-16-31-17-14-30-15-18-32(25-37(30)43(31)34)28-19-21-33(22-20-28)49(39-23-24-48-44-36-10-4-6-12-42(36)51-46(39)44)40-27-47-26-38-35-9-3-5-11-41(35)50-45(38)40/h1-27H. The Morgan fingerprint density at radius 3 is 1.94 bits per heavy atom. The van der Waals surface area contributed by atoms with Crippen molar-refractivity contribution in [3.05, 3.63) is 164 Å². The average Bonchev–Trinajstić information content (AvgIpc) is 3.77. The number of anilines is 3. The zero-order chi connectivity index (χ0) is 33.5. The summed E-state index contributed by atoms with van der Waals surface area (Å²) in [5.41, 5.74) is 8.76. The van der Waals surface area contributed by atoms with Gasteiger partial charge in [-0.3, -0.25) is 9.97 Å². The highest BCUT2D eigenvalue weighted by molar-refractivity contribution is 6.21. The lowest BCUT2D eigenvalue weighted by Gasteiger charge is -2.25. The Morgan fingerprint density at radius 1 is 0.451 bits per heavy atom. The number of benzene rings is 7. The summed E-state index contributed by atoms with van der Waals surface area (Å²) in [7, 11) is 0. The molecule has 0 bridgehead atoms. The Labute approximate surface area is 291 Å². The van der Waals surface area contributed by atoms with Gasteiger partial charge in [-0.15, -0.1) is 0 Å². The number of pyridine rings is 2. The van der Waals surface area contributed by atoms with Crippen molar-refractivity contribution in [1.82, 2.24) is 9.97 Å². The van der Waals surface area contributed by atoms with Gasteiger partial charge in [-0.2, -0.15) is 0 Å². The first-order valence-electron chi connectivity index (χ1n) is 17.0. The Bertz CT molecular complexity index is 3040. The second kappa shape index (κ2) is 10.8. The zero-order valence-corrected chi connectivity index (χ0v) is 27.2. The highest BCUT2D eigenvalue weighted by Crippen LogP contribution is 2.45. The lowest BCUT2D eigenvalue weighted by atomic mass is 9.94. The van der Waals surface area contributed by atoms with Crippen LogP contribution in [-0.2, 0) is 0 Å². The first kappa shape index (κ1) is 27.9. The summed E-state index contributed by atoms with van der Waals surface area (Å²) in [5, 5.41) is 10.5. The molecule has 51 heavy (non-hydrogen) atoms. The molecule has 4 heterocycles. The van der Waals surface area contributed by atoms with Crippen LogP contribution >= 0.6 is 0 Å². The third-order valence-electron chi connectivity index (χ3n) is 10.2. The first-order chi connectivity index (χ1) is 25.3. The Balaban J connectivity index is 1.11. The van der Waals surface area contributed by atoms with Crippen LogP contribution in [-0.4, -0.2) is 9.97 Å². The minimum absolute atomic E-state index is 0.699. The smallest absolute Gasteiger partial charge is 0.177 e. The van der Waals surface area contributed by atoms with Gasteiger partial charge in [0.2, 0.25) is 0 Å². The molecule has 7 aromatic carbocycles. The SMILES string of the molecule is c1ccc2c(c1)ccc1ccc3ccc(-c4ccc(N(c5cncc6c5oc5ccccc56)c5ccnc6c5oc5ccccc56)cc4)cc3c12.